The number of halogens is 2. The van der Waals surface area contributed by atoms with Crippen molar-refractivity contribution in [1.82, 2.24) is 4.98 Å². The minimum atomic E-state index is 0.649. The van der Waals surface area contributed by atoms with E-state index in [0.29, 0.717) is 10.9 Å². The zero-order valence-corrected chi connectivity index (χ0v) is 8.61. The molecule has 2 nitrogen and oxygen atoms in total. The van der Waals surface area contributed by atoms with Crippen molar-refractivity contribution in [3.63, 3.8) is 0 Å². The molecule has 0 unspecified atom stereocenters. The first-order chi connectivity index (χ1) is 5.66. The van der Waals surface area contributed by atoms with Crippen LogP contribution in [0.4, 0.5) is 0 Å². The van der Waals surface area contributed by atoms with Crippen molar-refractivity contribution in [3.05, 3.63) is 27.5 Å². The normalized spacial score (nSPS) is 10.9. The first-order valence-corrected chi connectivity index (χ1v) is 4.56. The largest absolute Gasteiger partial charge is 0.441 e. The fraction of sp³-hybridized carbons (Fsp3) is 0.125. The molecule has 0 N–H and O–H groups in total. The van der Waals surface area contributed by atoms with E-state index in [1.165, 1.54) is 0 Å². The smallest absolute Gasteiger partial charge is 0.192 e. The Bertz CT molecular complexity index is 399. The summed E-state index contributed by atoms with van der Waals surface area (Å²) in [7, 11) is 0. The zero-order chi connectivity index (χ0) is 8.72. The monoisotopic (exact) mass is 245 g/mol. The Labute approximate surface area is 82.7 Å². The van der Waals surface area contributed by atoms with Crippen molar-refractivity contribution in [1.29, 1.82) is 0 Å². The van der Waals surface area contributed by atoms with Gasteiger partial charge in [-0.05, 0) is 28.1 Å². The van der Waals surface area contributed by atoms with Crippen LogP contribution in [-0.2, 0) is 0 Å². The van der Waals surface area contributed by atoms with Gasteiger partial charge in [0.1, 0.15) is 5.52 Å². The molecule has 62 valence electrons. The van der Waals surface area contributed by atoms with E-state index in [4.69, 9.17) is 16.0 Å². The van der Waals surface area contributed by atoms with Crippen LogP contribution in [0.25, 0.3) is 11.1 Å². The van der Waals surface area contributed by atoms with Crippen LogP contribution in [0.15, 0.2) is 21.0 Å². The Morgan fingerprint density at radius 3 is 3.00 bits per heavy atom. The van der Waals surface area contributed by atoms with Crippen molar-refractivity contribution in [3.8, 4) is 0 Å². The second kappa shape index (κ2) is 2.75. The van der Waals surface area contributed by atoms with Crippen molar-refractivity contribution in [2.75, 3.05) is 0 Å². The first-order valence-electron chi connectivity index (χ1n) is 3.39. The standard InChI is InChI=1S/C8H5BrClNO/c1-4-11-7-3-6(10)5(9)2-8(7)12-4/h2-3H,1H3. The van der Waals surface area contributed by atoms with E-state index in [-0.39, 0.29) is 0 Å². The van der Waals surface area contributed by atoms with Gasteiger partial charge in [-0.25, -0.2) is 4.98 Å². The van der Waals surface area contributed by atoms with E-state index in [1.54, 1.807) is 6.07 Å². The molecular formula is C8H5BrClNO. The number of aryl methyl sites for hydroxylation is 1. The van der Waals surface area contributed by atoms with E-state index in [1.807, 2.05) is 13.0 Å². The number of hydrogen-bond donors (Lipinski definition) is 0. The van der Waals surface area contributed by atoms with E-state index in [0.717, 1.165) is 15.6 Å². The van der Waals surface area contributed by atoms with Crippen LogP contribution >= 0.6 is 27.5 Å². The van der Waals surface area contributed by atoms with Gasteiger partial charge >= 0.3 is 0 Å². The van der Waals surface area contributed by atoms with E-state index in [9.17, 15) is 0 Å². The average molecular weight is 246 g/mol. The first kappa shape index (κ1) is 8.08. The third kappa shape index (κ3) is 1.23. The second-order valence-corrected chi connectivity index (χ2v) is 3.73. The zero-order valence-electron chi connectivity index (χ0n) is 6.27. The minimum absolute atomic E-state index is 0.649. The Hall–Kier alpha value is -0.540. The number of benzene rings is 1. The molecule has 0 aliphatic rings. The van der Waals surface area contributed by atoms with Gasteiger partial charge in [0.15, 0.2) is 11.5 Å². The van der Waals surface area contributed by atoms with Gasteiger partial charge in [-0.15, -0.1) is 0 Å². The molecule has 4 heteroatoms. The number of nitrogens with zero attached hydrogens (tertiary/aromatic N) is 1. The molecule has 0 spiro atoms. The van der Waals surface area contributed by atoms with Crippen LogP contribution in [0.2, 0.25) is 5.02 Å². The Morgan fingerprint density at radius 1 is 1.50 bits per heavy atom. The summed E-state index contributed by atoms with van der Waals surface area (Å²) in [4.78, 5) is 4.14. The summed E-state index contributed by atoms with van der Waals surface area (Å²) >= 11 is 9.17. The maximum absolute atomic E-state index is 5.87. The van der Waals surface area contributed by atoms with Crippen molar-refractivity contribution < 1.29 is 4.42 Å². The lowest BCUT2D eigenvalue weighted by Crippen LogP contribution is -1.71. The lowest BCUT2D eigenvalue weighted by atomic mass is 10.3. The van der Waals surface area contributed by atoms with Crippen molar-refractivity contribution in [2.24, 2.45) is 0 Å². The molecule has 0 radical (unpaired) electrons. The fourth-order valence-corrected chi connectivity index (χ4v) is 1.52. The Balaban J connectivity index is 2.83. The van der Waals surface area contributed by atoms with Crippen LogP contribution in [0.3, 0.4) is 0 Å². The molecule has 0 amide bonds. The molecule has 1 heterocycles. The van der Waals surface area contributed by atoms with Gasteiger partial charge in [0.05, 0.1) is 5.02 Å². The van der Waals surface area contributed by atoms with Crippen molar-refractivity contribution >= 4 is 38.6 Å². The molecule has 0 bridgehead atoms. The molecule has 1 aromatic heterocycles. The highest BCUT2D eigenvalue weighted by Gasteiger charge is 2.05. The minimum Gasteiger partial charge on any atom is -0.441 e. The predicted molar refractivity (Wildman–Crippen MR) is 51.5 cm³/mol. The molecule has 0 saturated heterocycles. The van der Waals surface area contributed by atoms with Gasteiger partial charge < -0.3 is 4.42 Å². The lowest BCUT2D eigenvalue weighted by molar-refractivity contribution is 0.561. The number of hydrogen-bond acceptors (Lipinski definition) is 2. The highest BCUT2D eigenvalue weighted by Crippen LogP contribution is 2.28. The average Bonchev–Trinajstić information content (AvgIpc) is 2.30. The Kier molecular flexibility index (Phi) is 1.85. The van der Waals surface area contributed by atoms with Crippen LogP contribution in [0.5, 0.6) is 0 Å². The van der Waals surface area contributed by atoms with Crippen LogP contribution in [0, 0.1) is 6.92 Å². The SMILES string of the molecule is Cc1nc2cc(Cl)c(Br)cc2o1. The number of fused-ring (bicyclic) bond motifs is 1. The maximum atomic E-state index is 5.87. The van der Waals surface area contributed by atoms with E-state index < -0.39 is 0 Å². The van der Waals surface area contributed by atoms with Crippen LogP contribution in [0.1, 0.15) is 5.89 Å². The molecule has 0 saturated carbocycles. The van der Waals surface area contributed by atoms with E-state index >= 15 is 0 Å². The molecule has 0 aliphatic heterocycles. The predicted octanol–water partition coefficient (Wildman–Crippen LogP) is 3.55. The quantitative estimate of drug-likeness (QED) is 0.710. The summed E-state index contributed by atoms with van der Waals surface area (Å²) in [6.45, 7) is 1.81. The number of rotatable bonds is 0. The summed E-state index contributed by atoms with van der Waals surface area (Å²) in [5.41, 5.74) is 1.55. The third-order valence-corrected chi connectivity index (χ3v) is 2.73. The maximum Gasteiger partial charge on any atom is 0.192 e. The molecule has 12 heavy (non-hydrogen) atoms. The fourth-order valence-electron chi connectivity index (χ4n) is 1.04. The highest BCUT2D eigenvalue weighted by molar-refractivity contribution is 9.10. The summed E-state index contributed by atoms with van der Waals surface area (Å²) in [5.74, 6) is 0.652. The van der Waals surface area contributed by atoms with Gasteiger partial charge in [-0.2, -0.15) is 0 Å². The van der Waals surface area contributed by atoms with Crippen molar-refractivity contribution in [2.45, 2.75) is 6.92 Å². The molecular weight excluding hydrogens is 241 g/mol. The highest BCUT2D eigenvalue weighted by atomic mass is 79.9. The molecule has 0 fully saturated rings. The summed E-state index contributed by atoms with van der Waals surface area (Å²) in [6.07, 6.45) is 0. The van der Waals surface area contributed by atoms with Gasteiger partial charge in [-0.3, -0.25) is 0 Å². The molecule has 1 aromatic carbocycles. The van der Waals surface area contributed by atoms with Gasteiger partial charge in [0, 0.05) is 11.4 Å². The Morgan fingerprint density at radius 2 is 2.25 bits per heavy atom. The molecule has 2 aromatic rings. The summed E-state index contributed by atoms with van der Waals surface area (Å²) in [6, 6.07) is 3.59. The molecule has 2 rings (SSSR count). The van der Waals surface area contributed by atoms with E-state index in [2.05, 4.69) is 20.9 Å². The van der Waals surface area contributed by atoms with Gasteiger partial charge in [0.2, 0.25) is 0 Å². The topological polar surface area (TPSA) is 26.0 Å². The second-order valence-electron chi connectivity index (χ2n) is 2.47. The summed E-state index contributed by atoms with van der Waals surface area (Å²) in [5, 5.41) is 0.649. The summed E-state index contributed by atoms with van der Waals surface area (Å²) < 4.78 is 6.13. The lowest BCUT2D eigenvalue weighted by Gasteiger charge is -1.92. The van der Waals surface area contributed by atoms with Crippen LogP contribution in [-0.4, -0.2) is 4.98 Å². The number of aromatic nitrogens is 1. The third-order valence-electron chi connectivity index (χ3n) is 1.54. The van der Waals surface area contributed by atoms with Crippen LogP contribution < -0.4 is 0 Å². The molecule has 0 atom stereocenters. The number of oxazole rings is 1. The van der Waals surface area contributed by atoms with Gasteiger partial charge in [-0.1, -0.05) is 11.6 Å². The molecule has 0 aliphatic carbocycles. The van der Waals surface area contributed by atoms with Gasteiger partial charge in [0.25, 0.3) is 0 Å².